The first-order chi connectivity index (χ1) is 14.9. The molecule has 1 aromatic carbocycles. The van der Waals surface area contributed by atoms with Gasteiger partial charge in [-0.3, -0.25) is 0 Å². The summed E-state index contributed by atoms with van der Waals surface area (Å²) in [5.74, 6) is 2.34. The van der Waals surface area contributed by atoms with Gasteiger partial charge in [-0.25, -0.2) is 0 Å². The minimum Gasteiger partial charge on any atom is -0.493 e. The summed E-state index contributed by atoms with van der Waals surface area (Å²) in [6.45, 7) is 13.2. The number of hydrogen-bond acceptors (Lipinski definition) is 4. The number of benzene rings is 1. The van der Waals surface area contributed by atoms with Crippen LogP contribution in [0.5, 0.6) is 11.5 Å². The molecule has 4 heteroatoms. The van der Waals surface area contributed by atoms with Gasteiger partial charge in [-0.2, -0.15) is 0 Å². The molecule has 1 N–H and O–H groups in total. The standard InChI is InChI=1S/C28H42O4/c1-17-11-12-19(30-7)22-21(17)27-13-9-10-18(2)26(27)14-15-28(31-8,23(27)32-22)20(16-26)25(6,29)24(3,4)5/h11-12,18,20,23,29H,9-10,13-16H2,1-8H3/t18-,20+,23+,25?,26+,27-,28+/m0/s1. The van der Waals surface area contributed by atoms with Gasteiger partial charge < -0.3 is 19.3 Å². The average molecular weight is 443 g/mol. The Morgan fingerprint density at radius 1 is 1.09 bits per heavy atom. The normalized spacial score (nSPS) is 41.8. The molecule has 0 radical (unpaired) electrons. The number of aryl methyl sites for hydroxylation is 1. The smallest absolute Gasteiger partial charge is 0.165 e. The molecule has 6 rings (SSSR count). The first-order valence-corrected chi connectivity index (χ1v) is 12.6. The van der Waals surface area contributed by atoms with Crippen molar-refractivity contribution in [2.45, 2.75) is 103 Å². The monoisotopic (exact) mass is 442 g/mol. The topological polar surface area (TPSA) is 47.9 Å². The predicted octanol–water partition coefficient (Wildman–Crippen LogP) is 5.80. The number of rotatable bonds is 3. The molecule has 4 saturated carbocycles. The molecule has 0 saturated heterocycles. The number of fused-ring (bicyclic) bond motifs is 3. The molecule has 2 spiro atoms. The van der Waals surface area contributed by atoms with Crippen LogP contribution in [0.2, 0.25) is 0 Å². The van der Waals surface area contributed by atoms with Crippen LogP contribution in [0.15, 0.2) is 12.1 Å². The fourth-order valence-electron chi connectivity index (χ4n) is 8.73. The molecule has 7 atom stereocenters. The Labute approximate surface area is 194 Å². The molecule has 2 bridgehead atoms. The van der Waals surface area contributed by atoms with Crippen molar-refractivity contribution in [3.8, 4) is 11.5 Å². The summed E-state index contributed by atoms with van der Waals surface area (Å²) in [7, 11) is 3.58. The molecular formula is C28H42O4. The number of ether oxygens (including phenoxy) is 3. The minimum absolute atomic E-state index is 0.00744. The highest BCUT2D eigenvalue weighted by atomic mass is 16.6. The van der Waals surface area contributed by atoms with Crippen molar-refractivity contribution in [2.75, 3.05) is 14.2 Å². The maximum atomic E-state index is 12.1. The summed E-state index contributed by atoms with van der Waals surface area (Å²) in [6, 6.07) is 4.25. The summed E-state index contributed by atoms with van der Waals surface area (Å²) in [6.07, 6.45) is 6.53. The van der Waals surface area contributed by atoms with E-state index < -0.39 is 11.2 Å². The lowest BCUT2D eigenvalue weighted by Gasteiger charge is -2.73. The molecule has 32 heavy (non-hydrogen) atoms. The van der Waals surface area contributed by atoms with Crippen molar-refractivity contribution >= 4 is 0 Å². The van der Waals surface area contributed by atoms with Gasteiger partial charge in [0.25, 0.3) is 0 Å². The quantitative estimate of drug-likeness (QED) is 0.642. The van der Waals surface area contributed by atoms with Crippen LogP contribution < -0.4 is 9.47 Å². The van der Waals surface area contributed by atoms with E-state index in [-0.39, 0.29) is 28.3 Å². The van der Waals surface area contributed by atoms with Crippen LogP contribution in [0.25, 0.3) is 0 Å². The van der Waals surface area contributed by atoms with Gasteiger partial charge in [0.2, 0.25) is 0 Å². The van der Waals surface area contributed by atoms with Crippen LogP contribution in [0, 0.1) is 29.6 Å². The lowest BCUT2D eigenvalue weighted by atomic mass is 9.33. The van der Waals surface area contributed by atoms with Crippen LogP contribution >= 0.6 is 0 Å². The molecule has 1 aliphatic heterocycles. The Morgan fingerprint density at radius 2 is 1.81 bits per heavy atom. The van der Waals surface area contributed by atoms with Crippen molar-refractivity contribution < 1.29 is 19.3 Å². The zero-order valence-electron chi connectivity index (χ0n) is 21.3. The molecule has 5 aliphatic rings. The van der Waals surface area contributed by atoms with E-state index in [9.17, 15) is 5.11 Å². The second-order valence-electron chi connectivity index (χ2n) is 12.5. The Balaban J connectivity index is 1.81. The van der Waals surface area contributed by atoms with Gasteiger partial charge in [-0.15, -0.1) is 0 Å². The highest BCUT2D eigenvalue weighted by Crippen LogP contribution is 2.77. The number of hydrogen-bond donors (Lipinski definition) is 1. The molecule has 4 nitrogen and oxygen atoms in total. The molecule has 0 amide bonds. The lowest BCUT2D eigenvalue weighted by Crippen LogP contribution is -2.79. The minimum atomic E-state index is -0.878. The van der Waals surface area contributed by atoms with E-state index in [0.717, 1.165) is 37.2 Å². The molecule has 1 aromatic rings. The van der Waals surface area contributed by atoms with Crippen LogP contribution in [0.4, 0.5) is 0 Å². The summed E-state index contributed by atoms with van der Waals surface area (Å²) >= 11 is 0. The van der Waals surface area contributed by atoms with E-state index in [1.807, 2.05) is 20.1 Å². The van der Waals surface area contributed by atoms with Crippen LogP contribution in [-0.4, -0.2) is 36.6 Å². The molecule has 0 aromatic heterocycles. The zero-order valence-corrected chi connectivity index (χ0v) is 21.3. The van der Waals surface area contributed by atoms with Gasteiger partial charge in [0.05, 0.1) is 12.7 Å². The van der Waals surface area contributed by atoms with E-state index in [2.05, 4.69) is 40.7 Å². The third-order valence-corrected chi connectivity index (χ3v) is 10.9. The van der Waals surface area contributed by atoms with Crippen molar-refractivity contribution in [3.05, 3.63) is 23.3 Å². The summed E-state index contributed by atoms with van der Waals surface area (Å²) in [4.78, 5) is 0. The van der Waals surface area contributed by atoms with Crippen molar-refractivity contribution in [1.29, 1.82) is 0 Å². The van der Waals surface area contributed by atoms with Crippen molar-refractivity contribution in [2.24, 2.45) is 22.7 Å². The van der Waals surface area contributed by atoms with Gasteiger partial charge in [0.1, 0.15) is 11.7 Å². The average Bonchev–Trinajstić information content (AvgIpc) is 3.11. The van der Waals surface area contributed by atoms with Crippen LogP contribution in [0.1, 0.15) is 84.3 Å². The third-order valence-electron chi connectivity index (χ3n) is 10.9. The summed E-state index contributed by atoms with van der Waals surface area (Å²) in [5.41, 5.74) is 1.01. The zero-order chi connectivity index (χ0) is 23.3. The highest BCUT2D eigenvalue weighted by molar-refractivity contribution is 5.61. The molecule has 1 unspecified atom stereocenters. The Kier molecular flexibility index (Phi) is 4.69. The highest BCUT2D eigenvalue weighted by Gasteiger charge is 2.80. The molecule has 178 valence electrons. The number of aliphatic hydroxyl groups is 1. The first kappa shape index (κ1) is 22.5. The van der Waals surface area contributed by atoms with E-state index in [1.165, 1.54) is 24.0 Å². The van der Waals surface area contributed by atoms with Crippen molar-refractivity contribution in [1.82, 2.24) is 0 Å². The Bertz CT molecular complexity index is 930. The predicted molar refractivity (Wildman–Crippen MR) is 126 cm³/mol. The molecule has 1 heterocycles. The SMILES string of the molecule is COc1ccc(C)c2c1O[C@H]1[C@@]3(OC)CC[C@@]4(C[C@@H]3C(C)(O)C(C)(C)C)[C@@H](C)CCC[C@]214. The third kappa shape index (κ3) is 2.32. The largest absolute Gasteiger partial charge is 0.493 e. The Hall–Kier alpha value is -1.26. The Morgan fingerprint density at radius 3 is 2.44 bits per heavy atom. The summed E-state index contributed by atoms with van der Waals surface area (Å²) in [5, 5.41) is 12.1. The van der Waals surface area contributed by atoms with Crippen LogP contribution in [-0.2, 0) is 10.2 Å². The molecular weight excluding hydrogens is 400 g/mol. The van der Waals surface area contributed by atoms with E-state index in [1.54, 1.807) is 7.11 Å². The van der Waals surface area contributed by atoms with Gasteiger partial charge in [0, 0.05) is 24.0 Å². The fraction of sp³-hybridized carbons (Fsp3) is 0.786. The molecule has 4 aliphatic carbocycles. The fourth-order valence-corrected chi connectivity index (χ4v) is 8.73. The van der Waals surface area contributed by atoms with Gasteiger partial charge >= 0.3 is 0 Å². The maximum absolute atomic E-state index is 12.1. The van der Waals surface area contributed by atoms with E-state index in [4.69, 9.17) is 14.2 Å². The van der Waals surface area contributed by atoms with Crippen molar-refractivity contribution in [3.63, 3.8) is 0 Å². The van der Waals surface area contributed by atoms with E-state index >= 15 is 0 Å². The number of methoxy groups -OCH3 is 2. The second-order valence-corrected chi connectivity index (χ2v) is 12.5. The van der Waals surface area contributed by atoms with E-state index in [0.29, 0.717) is 5.92 Å². The first-order valence-electron chi connectivity index (χ1n) is 12.6. The molecule has 4 fully saturated rings. The summed E-state index contributed by atoms with van der Waals surface area (Å²) < 4.78 is 19.4. The second kappa shape index (κ2) is 6.66. The van der Waals surface area contributed by atoms with Crippen LogP contribution in [0.3, 0.4) is 0 Å². The maximum Gasteiger partial charge on any atom is 0.165 e. The van der Waals surface area contributed by atoms with Gasteiger partial charge in [-0.05, 0) is 67.9 Å². The van der Waals surface area contributed by atoms with Gasteiger partial charge in [-0.1, -0.05) is 46.6 Å². The van der Waals surface area contributed by atoms with Gasteiger partial charge in [0.15, 0.2) is 11.5 Å². The lowest BCUT2D eigenvalue weighted by molar-refractivity contribution is -0.306.